The van der Waals surface area contributed by atoms with Crippen molar-refractivity contribution in [3.63, 3.8) is 0 Å². The zero-order chi connectivity index (χ0) is 7.56. The van der Waals surface area contributed by atoms with Crippen LogP contribution in [0.1, 0.15) is 13.8 Å². The van der Waals surface area contributed by atoms with E-state index in [4.69, 9.17) is 4.74 Å². The van der Waals surface area contributed by atoms with Crippen LogP contribution >= 0.6 is 0 Å². The molecule has 0 aromatic carbocycles. The van der Waals surface area contributed by atoms with E-state index in [0.717, 1.165) is 19.1 Å². The summed E-state index contributed by atoms with van der Waals surface area (Å²) in [6.45, 7) is 7.75. The highest BCUT2D eigenvalue weighted by molar-refractivity contribution is 4.72. The lowest BCUT2D eigenvalue weighted by Gasteiger charge is -2.16. The predicted octanol–water partition coefficient (Wildman–Crippen LogP) is 0.973. The highest BCUT2D eigenvalue weighted by atomic mass is 16.6. The number of likely N-dealkylation sites (N-methyl/N-ethyl adjacent to an activating group) is 1. The molecule has 0 aliphatic carbocycles. The van der Waals surface area contributed by atoms with Gasteiger partial charge in [0.25, 0.3) is 0 Å². The van der Waals surface area contributed by atoms with Crippen LogP contribution in [0.4, 0.5) is 0 Å². The minimum atomic E-state index is 0.545. The second kappa shape index (κ2) is 3.35. The van der Waals surface area contributed by atoms with Crippen LogP contribution in [0.15, 0.2) is 0 Å². The van der Waals surface area contributed by atoms with Gasteiger partial charge in [-0.05, 0) is 13.0 Å². The van der Waals surface area contributed by atoms with Gasteiger partial charge in [-0.3, -0.25) is 0 Å². The zero-order valence-corrected chi connectivity index (χ0v) is 7.13. The molecule has 60 valence electrons. The molecule has 10 heavy (non-hydrogen) atoms. The Kier molecular flexibility index (Phi) is 2.69. The molecule has 1 rings (SSSR count). The van der Waals surface area contributed by atoms with Crippen molar-refractivity contribution in [2.45, 2.75) is 20.0 Å². The molecule has 1 aliphatic rings. The lowest BCUT2D eigenvalue weighted by Crippen LogP contribution is -2.27. The molecule has 0 aromatic heterocycles. The van der Waals surface area contributed by atoms with Crippen LogP contribution in [0.5, 0.6) is 0 Å². The predicted molar refractivity (Wildman–Crippen MR) is 42.1 cm³/mol. The lowest BCUT2D eigenvalue weighted by atomic mass is 10.2. The number of hydrogen-bond donors (Lipinski definition) is 0. The summed E-state index contributed by atoms with van der Waals surface area (Å²) in [6.07, 6.45) is 0.545. The fourth-order valence-electron chi connectivity index (χ4n) is 1.22. The Morgan fingerprint density at radius 2 is 2.20 bits per heavy atom. The van der Waals surface area contributed by atoms with Gasteiger partial charge in [-0.2, -0.15) is 0 Å². The molecule has 0 saturated carbocycles. The smallest absolute Gasteiger partial charge is 0.0936 e. The van der Waals surface area contributed by atoms with Crippen LogP contribution < -0.4 is 0 Å². The van der Waals surface area contributed by atoms with Crippen LogP contribution in [0.3, 0.4) is 0 Å². The molecule has 2 nitrogen and oxygen atoms in total. The monoisotopic (exact) mass is 143 g/mol. The molecule has 1 saturated heterocycles. The van der Waals surface area contributed by atoms with Crippen LogP contribution in [0.25, 0.3) is 0 Å². The van der Waals surface area contributed by atoms with Gasteiger partial charge in [0, 0.05) is 13.1 Å². The van der Waals surface area contributed by atoms with E-state index in [2.05, 4.69) is 25.8 Å². The van der Waals surface area contributed by atoms with Gasteiger partial charge in [0.2, 0.25) is 0 Å². The van der Waals surface area contributed by atoms with E-state index in [1.807, 2.05) is 0 Å². The fourth-order valence-corrected chi connectivity index (χ4v) is 1.22. The minimum Gasteiger partial charge on any atom is -0.372 e. The summed E-state index contributed by atoms with van der Waals surface area (Å²) >= 11 is 0. The summed E-state index contributed by atoms with van der Waals surface area (Å²) in [5.41, 5.74) is 0. The van der Waals surface area contributed by atoms with Crippen molar-refractivity contribution in [3.05, 3.63) is 0 Å². The Hall–Kier alpha value is -0.0800. The zero-order valence-electron chi connectivity index (χ0n) is 7.13. The van der Waals surface area contributed by atoms with Crippen LogP contribution in [-0.2, 0) is 4.74 Å². The van der Waals surface area contributed by atoms with Gasteiger partial charge < -0.3 is 9.64 Å². The van der Waals surface area contributed by atoms with Gasteiger partial charge in [-0.15, -0.1) is 0 Å². The first kappa shape index (κ1) is 8.02. The van der Waals surface area contributed by atoms with Gasteiger partial charge in [0.05, 0.1) is 12.7 Å². The average Bonchev–Trinajstić information content (AvgIpc) is 2.46. The first-order chi connectivity index (χ1) is 4.68. The highest BCUT2D eigenvalue weighted by Crippen LogP contribution is 2.10. The standard InChI is InChI=1S/C8H17NO/c1-7(2)4-9(3)5-8-6-10-8/h7-8H,4-6H2,1-3H3/t8-/m0/s1. The van der Waals surface area contributed by atoms with Gasteiger partial charge in [0.15, 0.2) is 0 Å². The summed E-state index contributed by atoms with van der Waals surface area (Å²) in [5.74, 6) is 0.767. The normalized spacial score (nSPS) is 24.3. The second-order valence-corrected chi connectivity index (χ2v) is 3.57. The van der Waals surface area contributed by atoms with Crippen molar-refractivity contribution in [2.75, 3.05) is 26.7 Å². The van der Waals surface area contributed by atoms with Gasteiger partial charge >= 0.3 is 0 Å². The molecule has 0 aromatic rings. The summed E-state index contributed by atoms with van der Waals surface area (Å²) in [6, 6.07) is 0. The molecule has 0 unspecified atom stereocenters. The van der Waals surface area contributed by atoms with Crippen molar-refractivity contribution >= 4 is 0 Å². The second-order valence-electron chi connectivity index (χ2n) is 3.57. The van der Waals surface area contributed by atoms with Crippen LogP contribution in [-0.4, -0.2) is 37.7 Å². The third-order valence-corrected chi connectivity index (χ3v) is 1.59. The maximum Gasteiger partial charge on any atom is 0.0936 e. The number of hydrogen-bond acceptors (Lipinski definition) is 2. The van der Waals surface area contributed by atoms with E-state index >= 15 is 0 Å². The number of ether oxygens (including phenoxy) is 1. The van der Waals surface area contributed by atoms with Gasteiger partial charge in [-0.25, -0.2) is 0 Å². The number of nitrogens with zero attached hydrogens (tertiary/aromatic N) is 1. The topological polar surface area (TPSA) is 15.8 Å². The minimum absolute atomic E-state index is 0.545. The summed E-state index contributed by atoms with van der Waals surface area (Å²) in [4.78, 5) is 2.34. The molecule has 1 heterocycles. The molecule has 0 bridgehead atoms. The van der Waals surface area contributed by atoms with E-state index < -0.39 is 0 Å². The highest BCUT2D eigenvalue weighted by Gasteiger charge is 2.23. The molecular formula is C8H17NO. The Morgan fingerprint density at radius 3 is 2.60 bits per heavy atom. The molecule has 1 atom stereocenters. The third-order valence-electron chi connectivity index (χ3n) is 1.59. The Bertz CT molecular complexity index is 95.4. The van der Waals surface area contributed by atoms with E-state index in [1.165, 1.54) is 6.54 Å². The first-order valence-corrected chi connectivity index (χ1v) is 3.98. The number of epoxide rings is 1. The van der Waals surface area contributed by atoms with Crippen molar-refractivity contribution in [1.29, 1.82) is 0 Å². The Morgan fingerprint density at radius 1 is 1.60 bits per heavy atom. The summed E-state index contributed by atoms with van der Waals surface area (Å²) in [5, 5.41) is 0. The summed E-state index contributed by atoms with van der Waals surface area (Å²) < 4.78 is 5.12. The van der Waals surface area contributed by atoms with Crippen LogP contribution in [0.2, 0.25) is 0 Å². The molecule has 0 amide bonds. The van der Waals surface area contributed by atoms with Crippen molar-refractivity contribution in [3.8, 4) is 0 Å². The largest absolute Gasteiger partial charge is 0.372 e. The molecule has 2 heteroatoms. The maximum atomic E-state index is 5.12. The van der Waals surface area contributed by atoms with E-state index in [-0.39, 0.29) is 0 Å². The maximum absolute atomic E-state index is 5.12. The Balaban J connectivity index is 2.02. The molecule has 0 spiro atoms. The van der Waals surface area contributed by atoms with E-state index in [1.54, 1.807) is 0 Å². The van der Waals surface area contributed by atoms with Crippen molar-refractivity contribution in [2.24, 2.45) is 5.92 Å². The van der Waals surface area contributed by atoms with Crippen molar-refractivity contribution < 1.29 is 4.74 Å². The van der Waals surface area contributed by atoms with E-state index in [9.17, 15) is 0 Å². The molecule has 0 N–H and O–H groups in total. The summed E-state index contributed by atoms with van der Waals surface area (Å²) in [7, 11) is 2.15. The van der Waals surface area contributed by atoms with Crippen LogP contribution in [0, 0.1) is 5.92 Å². The van der Waals surface area contributed by atoms with Crippen molar-refractivity contribution in [1.82, 2.24) is 4.90 Å². The molecule has 0 radical (unpaired) electrons. The number of rotatable bonds is 4. The third kappa shape index (κ3) is 3.18. The first-order valence-electron chi connectivity index (χ1n) is 3.98. The quantitative estimate of drug-likeness (QED) is 0.545. The Labute approximate surface area is 63.2 Å². The van der Waals surface area contributed by atoms with Gasteiger partial charge in [0.1, 0.15) is 0 Å². The SMILES string of the molecule is CC(C)CN(C)C[C@H]1CO1. The lowest BCUT2D eigenvalue weighted by molar-refractivity contribution is 0.260. The van der Waals surface area contributed by atoms with Gasteiger partial charge in [-0.1, -0.05) is 13.8 Å². The molecule has 1 fully saturated rings. The average molecular weight is 143 g/mol. The van der Waals surface area contributed by atoms with E-state index in [0.29, 0.717) is 6.10 Å². The fraction of sp³-hybridized carbons (Fsp3) is 1.00. The molecule has 1 aliphatic heterocycles. The molecular weight excluding hydrogens is 126 g/mol.